The van der Waals surface area contributed by atoms with Crippen LogP contribution in [0.1, 0.15) is 22.6 Å². The molecule has 0 bridgehead atoms. The fraction of sp³-hybridized carbons (Fsp3) is 0.333. The van der Waals surface area contributed by atoms with Gasteiger partial charge in [-0.3, -0.25) is 14.3 Å². The Kier molecular flexibility index (Phi) is 3.62. The second-order valence-corrected chi connectivity index (χ2v) is 5.34. The Bertz CT molecular complexity index is 724. The van der Waals surface area contributed by atoms with Crippen LogP contribution in [0, 0.1) is 6.92 Å². The Labute approximate surface area is 127 Å². The molecule has 1 saturated heterocycles. The number of carbonyl (C=O) groups excluding carboxylic acids is 2. The third-order valence-electron chi connectivity index (χ3n) is 3.63. The number of hydrogen-bond donors (Lipinski definition) is 1. The third kappa shape index (κ3) is 2.69. The van der Waals surface area contributed by atoms with Crippen molar-refractivity contribution < 1.29 is 9.59 Å². The van der Waals surface area contributed by atoms with Gasteiger partial charge in [0.15, 0.2) is 0 Å². The predicted molar refractivity (Wildman–Crippen MR) is 80.4 cm³/mol. The molecule has 7 nitrogen and oxygen atoms in total. The quantitative estimate of drug-likeness (QED) is 0.903. The first-order chi connectivity index (χ1) is 10.5. The maximum absolute atomic E-state index is 12.4. The molecular weight excluding hydrogens is 282 g/mol. The number of amides is 2. The van der Waals surface area contributed by atoms with Gasteiger partial charge in [0.25, 0.3) is 5.91 Å². The summed E-state index contributed by atoms with van der Waals surface area (Å²) in [5.41, 5.74) is 1.84. The predicted octanol–water partition coefficient (Wildman–Crippen LogP) is 0.659. The minimum atomic E-state index is -0.519. The summed E-state index contributed by atoms with van der Waals surface area (Å²) in [6.45, 7) is 2.39. The van der Waals surface area contributed by atoms with Gasteiger partial charge in [-0.05, 0) is 25.5 Å². The van der Waals surface area contributed by atoms with E-state index >= 15 is 0 Å². The lowest BCUT2D eigenvalue weighted by Gasteiger charge is -2.15. The number of nitrogens with one attached hydrogen (secondary N) is 1. The molecule has 0 unspecified atom stereocenters. The standard InChI is InChI=1S/C15H17N5O2/c1-10-4-3-5-12(17-10)14(21)18-13-6-7-20(15(13)22)11-8-16-19(2)9-11/h3-5,8-9,13H,6-7H2,1-2H3,(H,18,21)/t13-/m0/s1. The minimum Gasteiger partial charge on any atom is -0.339 e. The van der Waals surface area contributed by atoms with Crippen LogP contribution in [0.5, 0.6) is 0 Å². The van der Waals surface area contributed by atoms with E-state index in [0.29, 0.717) is 18.7 Å². The van der Waals surface area contributed by atoms with Crippen molar-refractivity contribution in [3.05, 3.63) is 42.0 Å². The Balaban J connectivity index is 1.69. The molecule has 0 saturated carbocycles. The van der Waals surface area contributed by atoms with Gasteiger partial charge in [-0.2, -0.15) is 5.10 Å². The molecule has 1 fully saturated rings. The van der Waals surface area contributed by atoms with E-state index in [0.717, 1.165) is 11.4 Å². The van der Waals surface area contributed by atoms with Crippen LogP contribution in [0.2, 0.25) is 0 Å². The van der Waals surface area contributed by atoms with Crippen molar-refractivity contribution in [3.8, 4) is 0 Å². The van der Waals surface area contributed by atoms with Gasteiger partial charge >= 0.3 is 0 Å². The summed E-state index contributed by atoms with van der Waals surface area (Å²) in [5, 5.41) is 6.82. The van der Waals surface area contributed by atoms with Crippen molar-refractivity contribution in [1.82, 2.24) is 20.1 Å². The summed E-state index contributed by atoms with van der Waals surface area (Å²) in [4.78, 5) is 30.4. The minimum absolute atomic E-state index is 0.117. The van der Waals surface area contributed by atoms with Gasteiger partial charge < -0.3 is 10.2 Å². The summed E-state index contributed by atoms with van der Waals surface area (Å²) in [6, 6.07) is 4.72. The number of nitrogens with zero attached hydrogens (tertiary/aromatic N) is 4. The van der Waals surface area contributed by atoms with E-state index in [1.54, 1.807) is 41.2 Å². The lowest BCUT2D eigenvalue weighted by atomic mass is 10.2. The number of pyridine rings is 1. The van der Waals surface area contributed by atoms with E-state index < -0.39 is 6.04 Å². The number of anilines is 1. The number of aryl methyl sites for hydroxylation is 2. The molecule has 0 radical (unpaired) electrons. The molecule has 3 heterocycles. The molecule has 2 amide bonds. The Hall–Kier alpha value is -2.70. The summed E-state index contributed by atoms with van der Waals surface area (Å²) >= 11 is 0. The lowest BCUT2D eigenvalue weighted by molar-refractivity contribution is -0.118. The lowest BCUT2D eigenvalue weighted by Crippen LogP contribution is -2.41. The highest BCUT2D eigenvalue weighted by Crippen LogP contribution is 2.20. The Morgan fingerprint density at radius 1 is 1.41 bits per heavy atom. The van der Waals surface area contributed by atoms with Crippen LogP contribution in [0.3, 0.4) is 0 Å². The van der Waals surface area contributed by atoms with Crippen molar-refractivity contribution in [1.29, 1.82) is 0 Å². The molecule has 22 heavy (non-hydrogen) atoms. The molecule has 0 aromatic carbocycles. The van der Waals surface area contributed by atoms with Crippen LogP contribution >= 0.6 is 0 Å². The van der Waals surface area contributed by atoms with E-state index in [1.807, 2.05) is 13.0 Å². The van der Waals surface area contributed by atoms with Gasteiger partial charge in [-0.15, -0.1) is 0 Å². The van der Waals surface area contributed by atoms with E-state index in [2.05, 4.69) is 15.4 Å². The van der Waals surface area contributed by atoms with Crippen LogP contribution in [-0.4, -0.2) is 39.2 Å². The zero-order chi connectivity index (χ0) is 15.7. The highest BCUT2D eigenvalue weighted by molar-refractivity contribution is 6.03. The van der Waals surface area contributed by atoms with Crippen molar-refractivity contribution in [3.63, 3.8) is 0 Å². The monoisotopic (exact) mass is 299 g/mol. The maximum Gasteiger partial charge on any atom is 0.270 e. The molecule has 1 aliphatic heterocycles. The molecule has 2 aromatic rings. The SMILES string of the molecule is Cc1cccc(C(=O)N[C@H]2CCN(c3cnn(C)c3)C2=O)n1. The molecule has 7 heteroatoms. The number of rotatable bonds is 3. The number of carbonyl (C=O) groups is 2. The van der Waals surface area contributed by atoms with Crippen molar-refractivity contribution >= 4 is 17.5 Å². The average molecular weight is 299 g/mol. The van der Waals surface area contributed by atoms with Crippen LogP contribution in [-0.2, 0) is 11.8 Å². The third-order valence-corrected chi connectivity index (χ3v) is 3.63. The van der Waals surface area contributed by atoms with Gasteiger partial charge in [0.1, 0.15) is 11.7 Å². The highest BCUT2D eigenvalue weighted by atomic mass is 16.2. The molecule has 1 aliphatic rings. The summed E-state index contributed by atoms with van der Waals surface area (Å²) in [7, 11) is 1.80. The first-order valence-corrected chi connectivity index (χ1v) is 7.09. The number of hydrogen-bond acceptors (Lipinski definition) is 4. The van der Waals surface area contributed by atoms with Gasteiger partial charge in [-0.25, -0.2) is 4.98 Å². The maximum atomic E-state index is 12.4. The molecular formula is C15H17N5O2. The van der Waals surface area contributed by atoms with Gasteiger partial charge in [0, 0.05) is 25.5 Å². The zero-order valence-corrected chi connectivity index (χ0v) is 12.5. The first-order valence-electron chi connectivity index (χ1n) is 7.09. The van der Waals surface area contributed by atoms with Crippen molar-refractivity contribution in [2.45, 2.75) is 19.4 Å². The molecule has 114 valence electrons. The fourth-order valence-electron chi connectivity index (χ4n) is 2.52. The molecule has 0 aliphatic carbocycles. The van der Waals surface area contributed by atoms with Crippen LogP contribution in [0.15, 0.2) is 30.6 Å². The first kappa shape index (κ1) is 14.2. The smallest absolute Gasteiger partial charge is 0.270 e. The average Bonchev–Trinajstić information content (AvgIpc) is 3.06. The second-order valence-electron chi connectivity index (χ2n) is 5.34. The Morgan fingerprint density at radius 2 is 2.23 bits per heavy atom. The van der Waals surface area contributed by atoms with Crippen molar-refractivity contribution in [2.75, 3.05) is 11.4 Å². The van der Waals surface area contributed by atoms with Gasteiger partial charge in [0.05, 0.1) is 11.9 Å². The summed E-state index contributed by atoms with van der Waals surface area (Å²) < 4.78 is 1.64. The molecule has 2 aromatic heterocycles. The van der Waals surface area contributed by atoms with E-state index in [1.165, 1.54) is 0 Å². The number of aromatic nitrogens is 3. The molecule has 1 atom stereocenters. The highest BCUT2D eigenvalue weighted by Gasteiger charge is 2.34. The van der Waals surface area contributed by atoms with Crippen LogP contribution in [0.4, 0.5) is 5.69 Å². The molecule has 3 rings (SSSR count). The fourth-order valence-corrected chi connectivity index (χ4v) is 2.52. The van der Waals surface area contributed by atoms with Crippen LogP contribution in [0.25, 0.3) is 0 Å². The molecule has 1 N–H and O–H groups in total. The van der Waals surface area contributed by atoms with Gasteiger partial charge in [0.2, 0.25) is 5.91 Å². The zero-order valence-electron chi connectivity index (χ0n) is 12.5. The summed E-state index contributed by atoms with van der Waals surface area (Å²) in [6.07, 6.45) is 4.00. The largest absolute Gasteiger partial charge is 0.339 e. The topological polar surface area (TPSA) is 80.1 Å². The van der Waals surface area contributed by atoms with E-state index in [4.69, 9.17) is 0 Å². The summed E-state index contributed by atoms with van der Waals surface area (Å²) in [5.74, 6) is -0.441. The van der Waals surface area contributed by atoms with Crippen molar-refractivity contribution in [2.24, 2.45) is 7.05 Å². The second kappa shape index (κ2) is 5.59. The van der Waals surface area contributed by atoms with Gasteiger partial charge in [-0.1, -0.05) is 6.07 Å². The van der Waals surface area contributed by atoms with E-state index in [9.17, 15) is 9.59 Å². The van der Waals surface area contributed by atoms with Crippen LogP contribution < -0.4 is 10.2 Å². The van der Waals surface area contributed by atoms with E-state index in [-0.39, 0.29) is 11.8 Å². The molecule has 0 spiro atoms. The normalized spacial score (nSPS) is 17.8. The Morgan fingerprint density at radius 3 is 2.91 bits per heavy atom.